The highest BCUT2D eigenvalue weighted by atomic mass is 35.5. The number of nitrogens with two attached hydrogens (primary N) is 1. The number of hydrogen-bond acceptors (Lipinski definition) is 3. The fraction of sp³-hybridized carbons (Fsp3) is 0.588. The van der Waals surface area contributed by atoms with Crippen molar-refractivity contribution in [3.8, 4) is 5.75 Å². The van der Waals surface area contributed by atoms with Crippen molar-refractivity contribution in [1.82, 2.24) is 4.90 Å². The lowest BCUT2D eigenvalue weighted by Crippen LogP contribution is -2.43. The van der Waals surface area contributed by atoms with Gasteiger partial charge in [0.1, 0.15) is 5.75 Å². The molecule has 1 saturated heterocycles. The molecule has 2 N–H and O–H groups in total. The molecule has 0 saturated carbocycles. The zero-order chi connectivity index (χ0) is 15.4. The van der Waals surface area contributed by atoms with Gasteiger partial charge >= 0.3 is 0 Å². The van der Waals surface area contributed by atoms with Gasteiger partial charge in [0, 0.05) is 19.0 Å². The molecule has 0 aromatic heterocycles. The zero-order valence-corrected chi connectivity index (χ0v) is 14.4. The minimum Gasteiger partial charge on any atom is -0.497 e. The van der Waals surface area contributed by atoms with Gasteiger partial charge in [0.2, 0.25) is 5.91 Å². The Kier molecular flexibility index (Phi) is 7.17. The molecule has 0 aliphatic carbocycles. The second kappa shape index (κ2) is 8.39. The first-order chi connectivity index (χ1) is 10.0. The van der Waals surface area contributed by atoms with Crippen molar-refractivity contribution in [2.45, 2.75) is 38.6 Å². The van der Waals surface area contributed by atoms with E-state index in [0.717, 1.165) is 31.7 Å². The zero-order valence-electron chi connectivity index (χ0n) is 13.6. The first kappa shape index (κ1) is 18.8. The van der Waals surface area contributed by atoms with Gasteiger partial charge in [-0.2, -0.15) is 0 Å². The molecule has 124 valence electrons. The summed E-state index contributed by atoms with van der Waals surface area (Å²) in [6.45, 7) is 5.77. The number of nitrogens with zero attached hydrogens (tertiary/aromatic N) is 1. The van der Waals surface area contributed by atoms with E-state index in [2.05, 4.69) is 26.0 Å². The molecule has 1 unspecified atom stereocenters. The fourth-order valence-electron chi connectivity index (χ4n) is 2.95. The van der Waals surface area contributed by atoms with Gasteiger partial charge in [0.15, 0.2) is 0 Å². The Morgan fingerprint density at radius 1 is 1.36 bits per heavy atom. The van der Waals surface area contributed by atoms with Crippen LogP contribution in [0.1, 0.15) is 38.2 Å². The summed E-state index contributed by atoms with van der Waals surface area (Å²) in [5.41, 5.74) is 7.28. The molecule has 1 aromatic rings. The fourth-order valence-corrected chi connectivity index (χ4v) is 2.95. The SMILES string of the molecule is COc1ccc(C2CCN(C(=O)[C@@H](N)CC(C)C)C2)cc1.Cl. The average molecular weight is 327 g/mol. The van der Waals surface area contributed by atoms with Gasteiger partial charge in [-0.3, -0.25) is 4.79 Å². The van der Waals surface area contributed by atoms with Crippen molar-refractivity contribution in [1.29, 1.82) is 0 Å². The second-order valence-electron chi connectivity index (χ2n) is 6.28. The van der Waals surface area contributed by atoms with E-state index in [-0.39, 0.29) is 24.4 Å². The summed E-state index contributed by atoms with van der Waals surface area (Å²) in [4.78, 5) is 14.3. The molecule has 0 radical (unpaired) electrons. The second-order valence-corrected chi connectivity index (χ2v) is 6.28. The van der Waals surface area contributed by atoms with Gasteiger partial charge in [0.25, 0.3) is 0 Å². The summed E-state index contributed by atoms with van der Waals surface area (Å²) in [6, 6.07) is 7.77. The molecule has 2 atom stereocenters. The Morgan fingerprint density at radius 3 is 2.55 bits per heavy atom. The Labute approximate surface area is 139 Å². The number of methoxy groups -OCH3 is 1. The van der Waals surface area contributed by atoms with Crippen molar-refractivity contribution in [2.75, 3.05) is 20.2 Å². The van der Waals surface area contributed by atoms with Crippen LogP contribution in [0.4, 0.5) is 0 Å². The van der Waals surface area contributed by atoms with E-state index < -0.39 is 0 Å². The summed E-state index contributed by atoms with van der Waals surface area (Å²) in [7, 11) is 1.67. The number of rotatable bonds is 5. The van der Waals surface area contributed by atoms with Crippen LogP contribution in [-0.4, -0.2) is 37.0 Å². The maximum absolute atomic E-state index is 12.3. The van der Waals surface area contributed by atoms with Crippen LogP contribution in [0.25, 0.3) is 0 Å². The van der Waals surface area contributed by atoms with Gasteiger partial charge in [0.05, 0.1) is 13.2 Å². The molecule has 1 aromatic carbocycles. The van der Waals surface area contributed by atoms with E-state index >= 15 is 0 Å². The van der Waals surface area contributed by atoms with E-state index in [4.69, 9.17) is 10.5 Å². The summed E-state index contributed by atoms with van der Waals surface area (Å²) in [5, 5.41) is 0. The quantitative estimate of drug-likeness (QED) is 0.905. The molecular formula is C17H27ClN2O2. The summed E-state index contributed by atoms with van der Waals surface area (Å²) in [5.74, 6) is 1.82. The molecule has 0 bridgehead atoms. The largest absolute Gasteiger partial charge is 0.497 e. The van der Waals surface area contributed by atoms with Gasteiger partial charge in [-0.1, -0.05) is 26.0 Å². The topological polar surface area (TPSA) is 55.6 Å². The number of amides is 1. The maximum atomic E-state index is 12.3. The monoisotopic (exact) mass is 326 g/mol. The molecule has 1 amide bonds. The summed E-state index contributed by atoms with van der Waals surface area (Å²) in [6.07, 6.45) is 1.76. The Hall–Kier alpha value is -1.26. The van der Waals surface area contributed by atoms with Gasteiger partial charge in [-0.15, -0.1) is 12.4 Å². The number of carbonyl (C=O) groups is 1. The molecule has 1 aliphatic rings. The molecule has 2 rings (SSSR count). The third-order valence-corrected chi connectivity index (χ3v) is 4.13. The van der Waals surface area contributed by atoms with Crippen LogP contribution in [0.15, 0.2) is 24.3 Å². The van der Waals surface area contributed by atoms with Gasteiger partial charge < -0.3 is 15.4 Å². The van der Waals surface area contributed by atoms with Crippen LogP contribution in [0, 0.1) is 5.92 Å². The number of benzene rings is 1. The van der Waals surface area contributed by atoms with E-state index in [1.54, 1.807) is 7.11 Å². The summed E-state index contributed by atoms with van der Waals surface area (Å²) >= 11 is 0. The highest BCUT2D eigenvalue weighted by Crippen LogP contribution is 2.29. The van der Waals surface area contributed by atoms with Crippen molar-refractivity contribution in [3.63, 3.8) is 0 Å². The van der Waals surface area contributed by atoms with E-state index in [1.807, 2.05) is 17.0 Å². The number of carbonyl (C=O) groups excluding carboxylic acids is 1. The maximum Gasteiger partial charge on any atom is 0.239 e. The molecule has 4 nitrogen and oxygen atoms in total. The molecule has 0 spiro atoms. The van der Waals surface area contributed by atoms with Crippen molar-refractivity contribution in [3.05, 3.63) is 29.8 Å². The third-order valence-electron chi connectivity index (χ3n) is 4.13. The highest BCUT2D eigenvalue weighted by molar-refractivity contribution is 5.85. The Morgan fingerprint density at radius 2 is 2.00 bits per heavy atom. The van der Waals surface area contributed by atoms with Gasteiger partial charge in [-0.05, 0) is 36.5 Å². The summed E-state index contributed by atoms with van der Waals surface area (Å²) < 4.78 is 5.18. The predicted molar refractivity (Wildman–Crippen MR) is 91.6 cm³/mol. The number of hydrogen-bond donors (Lipinski definition) is 1. The average Bonchev–Trinajstić information content (AvgIpc) is 2.95. The standard InChI is InChI=1S/C17H26N2O2.ClH/c1-12(2)10-16(18)17(20)19-9-8-14(11-19)13-4-6-15(21-3)7-5-13;/h4-7,12,14,16H,8-11,18H2,1-3H3;1H/t14?,16-;/m0./s1. The van der Waals surface area contributed by atoms with Crippen LogP contribution < -0.4 is 10.5 Å². The number of halogens is 1. The molecular weight excluding hydrogens is 300 g/mol. The number of likely N-dealkylation sites (tertiary alicyclic amines) is 1. The first-order valence-corrected chi connectivity index (χ1v) is 7.69. The Bertz CT molecular complexity index is 476. The molecule has 22 heavy (non-hydrogen) atoms. The smallest absolute Gasteiger partial charge is 0.239 e. The van der Waals surface area contributed by atoms with Crippen LogP contribution in [0.3, 0.4) is 0 Å². The molecule has 1 heterocycles. The highest BCUT2D eigenvalue weighted by Gasteiger charge is 2.30. The van der Waals surface area contributed by atoms with Crippen molar-refractivity contribution >= 4 is 18.3 Å². The van der Waals surface area contributed by atoms with Crippen LogP contribution in [0.5, 0.6) is 5.75 Å². The van der Waals surface area contributed by atoms with E-state index in [1.165, 1.54) is 5.56 Å². The normalized spacial score (nSPS) is 19.0. The van der Waals surface area contributed by atoms with Crippen molar-refractivity contribution in [2.24, 2.45) is 11.7 Å². The molecule has 5 heteroatoms. The predicted octanol–water partition coefficient (Wildman–Crippen LogP) is 2.81. The van der Waals surface area contributed by atoms with E-state index in [0.29, 0.717) is 11.8 Å². The lowest BCUT2D eigenvalue weighted by atomic mass is 9.98. The minimum absolute atomic E-state index is 0. The Balaban J connectivity index is 0.00000242. The van der Waals surface area contributed by atoms with Crippen LogP contribution >= 0.6 is 12.4 Å². The van der Waals surface area contributed by atoms with Crippen LogP contribution in [0.2, 0.25) is 0 Å². The minimum atomic E-state index is -0.361. The number of ether oxygens (including phenoxy) is 1. The van der Waals surface area contributed by atoms with Gasteiger partial charge in [-0.25, -0.2) is 0 Å². The third kappa shape index (κ3) is 4.62. The molecule has 1 aliphatic heterocycles. The lowest BCUT2D eigenvalue weighted by molar-refractivity contribution is -0.131. The molecule has 1 fully saturated rings. The van der Waals surface area contributed by atoms with E-state index in [9.17, 15) is 4.79 Å². The lowest BCUT2D eigenvalue weighted by Gasteiger charge is -2.22. The first-order valence-electron chi connectivity index (χ1n) is 7.69. The van der Waals surface area contributed by atoms with Crippen LogP contribution in [-0.2, 0) is 4.79 Å². The van der Waals surface area contributed by atoms with Crippen molar-refractivity contribution < 1.29 is 9.53 Å².